The topological polar surface area (TPSA) is 12.5 Å². The van der Waals surface area contributed by atoms with Crippen molar-refractivity contribution >= 4 is 0 Å². The van der Waals surface area contributed by atoms with Gasteiger partial charge in [-0.15, -0.1) is 0 Å². The smallest absolute Gasteiger partial charge is 0.0579 e. The van der Waals surface area contributed by atoms with Crippen molar-refractivity contribution in [3.8, 4) is 0 Å². The van der Waals surface area contributed by atoms with Gasteiger partial charge in [-0.3, -0.25) is 4.90 Å². The monoisotopic (exact) mass is 295 g/mol. The van der Waals surface area contributed by atoms with Gasteiger partial charge in [0.05, 0.1) is 6.10 Å². The van der Waals surface area contributed by atoms with Crippen LogP contribution in [0.25, 0.3) is 0 Å². The first-order valence-electron chi connectivity index (χ1n) is 9.44. The van der Waals surface area contributed by atoms with Crippen molar-refractivity contribution in [2.75, 3.05) is 13.2 Å². The van der Waals surface area contributed by atoms with Crippen LogP contribution in [-0.4, -0.2) is 35.7 Å². The average Bonchev–Trinajstić information content (AvgIpc) is 2.48. The minimum atomic E-state index is 0.422. The highest BCUT2D eigenvalue weighted by Crippen LogP contribution is 2.46. The number of rotatable bonds is 6. The van der Waals surface area contributed by atoms with Crippen molar-refractivity contribution in [3.63, 3.8) is 0 Å². The summed E-state index contributed by atoms with van der Waals surface area (Å²) in [5, 5.41) is 0. The van der Waals surface area contributed by atoms with Crippen molar-refractivity contribution in [3.05, 3.63) is 0 Å². The molecule has 1 aliphatic heterocycles. The van der Waals surface area contributed by atoms with Crippen LogP contribution in [0.15, 0.2) is 0 Å². The van der Waals surface area contributed by atoms with Gasteiger partial charge in [0, 0.05) is 18.2 Å². The number of hydrogen-bond donors (Lipinski definition) is 0. The molecule has 5 atom stereocenters. The Hall–Kier alpha value is -0.0800. The Morgan fingerprint density at radius 3 is 2.57 bits per heavy atom. The molecule has 0 bridgehead atoms. The van der Waals surface area contributed by atoms with E-state index in [4.69, 9.17) is 4.74 Å². The molecule has 2 aliphatic rings. The molecule has 0 spiro atoms. The van der Waals surface area contributed by atoms with Crippen LogP contribution in [0, 0.1) is 11.8 Å². The average molecular weight is 296 g/mol. The predicted molar refractivity (Wildman–Crippen MR) is 90.6 cm³/mol. The third-order valence-electron chi connectivity index (χ3n) is 6.35. The van der Waals surface area contributed by atoms with Crippen molar-refractivity contribution in [1.29, 1.82) is 0 Å². The van der Waals surface area contributed by atoms with E-state index >= 15 is 0 Å². The number of piperidine rings is 1. The zero-order valence-corrected chi connectivity index (χ0v) is 15.0. The molecule has 1 saturated carbocycles. The number of ether oxygens (including phenoxy) is 1. The summed E-state index contributed by atoms with van der Waals surface area (Å²) in [6.07, 6.45) is 9.55. The molecule has 0 aromatic heterocycles. The fourth-order valence-corrected chi connectivity index (χ4v) is 5.02. The number of nitrogens with zero attached hydrogens (tertiary/aromatic N) is 1. The summed E-state index contributed by atoms with van der Waals surface area (Å²) < 4.78 is 6.15. The predicted octanol–water partition coefficient (Wildman–Crippen LogP) is 4.87. The first kappa shape index (κ1) is 17.3. The van der Waals surface area contributed by atoms with Gasteiger partial charge in [-0.1, -0.05) is 34.1 Å². The van der Waals surface area contributed by atoms with Crippen LogP contribution >= 0.6 is 0 Å². The lowest BCUT2D eigenvalue weighted by atomic mass is 9.65. The van der Waals surface area contributed by atoms with E-state index in [0.717, 1.165) is 24.5 Å². The zero-order chi connectivity index (χ0) is 15.5. The lowest BCUT2D eigenvalue weighted by Gasteiger charge is -2.57. The summed E-state index contributed by atoms with van der Waals surface area (Å²) in [4.78, 5) is 2.83. The molecule has 21 heavy (non-hydrogen) atoms. The Morgan fingerprint density at radius 1 is 1.19 bits per heavy atom. The highest BCUT2D eigenvalue weighted by molar-refractivity contribution is 5.02. The summed E-state index contributed by atoms with van der Waals surface area (Å²) in [5.41, 5.74) is 0.422. The molecule has 0 N–H and O–H groups in total. The van der Waals surface area contributed by atoms with Crippen LogP contribution in [0.4, 0.5) is 0 Å². The fraction of sp³-hybridized carbons (Fsp3) is 1.00. The van der Waals surface area contributed by atoms with Crippen LogP contribution in [0.3, 0.4) is 0 Å². The van der Waals surface area contributed by atoms with Gasteiger partial charge in [0.1, 0.15) is 0 Å². The van der Waals surface area contributed by atoms with Crippen LogP contribution in [-0.2, 0) is 4.74 Å². The molecule has 2 heteroatoms. The molecular weight excluding hydrogens is 258 g/mol. The maximum atomic E-state index is 6.15. The van der Waals surface area contributed by atoms with Crippen molar-refractivity contribution in [1.82, 2.24) is 4.90 Å². The van der Waals surface area contributed by atoms with Gasteiger partial charge in [-0.05, 0) is 63.8 Å². The van der Waals surface area contributed by atoms with Crippen LogP contribution < -0.4 is 0 Å². The molecule has 0 aromatic rings. The second-order valence-corrected chi connectivity index (χ2v) is 7.71. The molecule has 124 valence electrons. The Balaban J connectivity index is 2.01. The number of likely N-dealkylation sites (tertiary alicyclic amines) is 1. The second-order valence-electron chi connectivity index (χ2n) is 7.71. The van der Waals surface area contributed by atoms with Crippen molar-refractivity contribution < 1.29 is 4.74 Å². The molecule has 2 rings (SSSR count). The van der Waals surface area contributed by atoms with Gasteiger partial charge in [0.25, 0.3) is 0 Å². The molecule has 5 unspecified atom stereocenters. The molecule has 1 aliphatic carbocycles. The van der Waals surface area contributed by atoms with E-state index in [-0.39, 0.29) is 0 Å². The lowest BCUT2D eigenvalue weighted by Crippen LogP contribution is -2.61. The van der Waals surface area contributed by atoms with E-state index < -0.39 is 0 Å². The third-order valence-corrected chi connectivity index (χ3v) is 6.35. The van der Waals surface area contributed by atoms with Crippen LogP contribution in [0.2, 0.25) is 0 Å². The molecule has 0 aromatic carbocycles. The van der Waals surface area contributed by atoms with E-state index in [9.17, 15) is 0 Å². The van der Waals surface area contributed by atoms with Gasteiger partial charge >= 0.3 is 0 Å². The Morgan fingerprint density at radius 2 is 1.95 bits per heavy atom. The largest absolute Gasteiger partial charge is 0.378 e. The normalized spacial score (nSPS) is 41.0. The Kier molecular flexibility index (Phi) is 6.14. The summed E-state index contributed by atoms with van der Waals surface area (Å²) in [6.45, 7) is 14.1. The van der Waals surface area contributed by atoms with E-state index in [1.807, 2.05) is 0 Å². The quantitative estimate of drug-likeness (QED) is 0.648. The van der Waals surface area contributed by atoms with Crippen LogP contribution in [0.5, 0.6) is 0 Å². The molecule has 2 nitrogen and oxygen atoms in total. The Labute approximate surface area is 132 Å². The van der Waals surface area contributed by atoms with E-state index in [2.05, 4.69) is 39.5 Å². The zero-order valence-electron chi connectivity index (χ0n) is 15.0. The first-order chi connectivity index (χ1) is 10.1. The van der Waals surface area contributed by atoms with E-state index in [1.165, 1.54) is 51.5 Å². The maximum Gasteiger partial charge on any atom is 0.0579 e. The van der Waals surface area contributed by atoms with Gasteiger partial charge < -0.3 is 4.74 Å². The minimum absolute atomic E-state index is 0.422. The minimum Gasteiger partial charge on any atom is -0.378 e. The SMILES string of the molecule is CCCCOC1CCC2C(C1)C(C)CC(C)(CC)N2CC. The number of hydrogen-bond acceptors (Lipinski definition) is 2. The molecule has 2 fully saturated rings. The standard InChI is InChI=1S/C19H37NO/c1-6-9-12-21-16-10-11-18-17(13-16)15(4)14-19(5,7-2)20(18)8-3/h15-18H,6-14H2,1-5H3. The second kappa shape index (κ2) is 7.46. The number of unbranched alkanes of at least 4 members (excludes halogenated alkanes) is 1. The highest BCUT2D eigenvalue weighted by Gasteiger charge is 2.48. The molecule has 0 amide bonds. The highest BCUT2D eigenvalue weighted by atomic mass is 16.5. The van der Waals surface area contributed by atoms with Gasteiger partial charge in [0.15, 0.2) is 0 Å². The fourth-order valence-electron chi connectivity index (χ4n) is 5.02. The summed E-state index contributed by atoms with van der Waals surface area (Å²) >= 11 is 0. The maximum absolute atomic E-state index is 6.15. The van der Waals surface area contributed by atoms with Crippen molar-refractivity contribution in [2.45, 2.75) is 97.2 Å². The summed E-state index contributed by atoms with van der Waals surface area (Å²) in [7, 11) is 0. The third kappa shape index (κ3) is 3.64. The van der Waals surface area contributed by atoms with Gasteiger partial charge in [-0.25, -0.2) is 0 Å². The van der Waals surface area contributed by atoms with E-state index in [0.29, 0.717) is 11.6 Å². The molecule has 1 heterocycles. The molecule has 1 saturated heterocycles. The summed E-state index contributed by atoms with van der Waals surface area (Å²) in [6, 6.07) is 0.801. The van der Waals surface area contributed by atoms with Gasteiger partial charge in [0.2, 0.25) is 0 Å². The van der Waals surface area contributed by atoms with E-state index in [1.54, 1.807) is 0 Å². The summed E-state index contributed by atoms with van der Waals surface area (Å²) in [5.74, 6) is 1.70. The van der Waals surface area contributed by atoms with Crippen LogP contribution in [0.1, 0.15) is 79.6 Å². The Bertz CT molecular complexity index is 319. The van der Waals surface area contributed by atoms with Crippen molar-refractivity contribution in [2.24, 2.45) is 11.8 Å². The lowest BCUT2D eigenvalue weighted by molar-refractivity contribution is -0.0990. The molecule has 0 radical (unpaired) electrons. The molecular formula is C19H37NO. The number of fused-ring (bicyclic) bond motifs is 1. The first-order valence-corrected chi connectivity index (χ1v) is 9.44. The van der Waals surface area contributed by atoms with Gasteiger partial charge in [-0.2, -0.15) is 0 Å².